The van der Waals surface area contributed by atoms with E-state index in [0.29, 0.717) is 29.2 Å². The third kappa shape index (κ3) is 4.24. The van der Waals surface area contributed by atoms with Crippen LogP contribution in [-0.4, -0.2) is 52.4 Å². The number of amides is 1. The molecule has 1 aliphatic carbocycles. The molecular weight excluding hydrogens is 532 g/mol. The lowest BCUT2D eigenvalue weighted by molar-refractivity contribution is 0.100. The summed E-state index contributed by atoms with van der Waals surface area (Å²) < 4.78 is 11.1. The maximum Gasteiger partial charge on any atom is 0.264 e. The van der Waals surface area contributed by atoms with Crippen molar-refractivity contribution in [3.05, 3.63) is 65.6 Å². The van der Waals surface area contributed by atoms with Crippen LogP contribution in [-0.2, 0) is 13.6 Å². The van der Waals surface area contributed by atoms with Gasteiger partial charge in [0.15, 0.2) is 5.82 Å². The largest absolute Gasteiger partial charge is 0.315 e. The molecule has 9 nitrogen and oxygen atoms in total. The van der Waals surface area contributed by atoms with Crippen molar-refractivity contribution < 1.29 is 4.79 Å². The van der Waals surface area contributed by atoms with Crippen LogP contribution in [0.1, 0.15) is 60.1 Å². The number of hydrogen-bond donors (Lipinski definition) is 0. The fourth-order valence-electron chi connectivity index (χ4n) is 6.46. The van der Waals surface area contributed by atoms with Gasteiger partial charge in [-0.2, -0.15) is 8.75 Å². The molecule has 41 heavy (non-hydrogen) atoms. The van der Waals surface area contributed by atoms with Crippen molar-refractivity contribution in [2.75, 3.05) is 18.0 Å². The smallest absolute Gasteiger partial charge is 0.264 e. The van der Waals surface area contributed by atoms with Crippen molar-refractivity contribution in [3.63, 3.8) is 0 Å². The Labute approximate surface area is 242 Å². The second-order valence-electron chi connectivity index (χ2n) is 11.8. The third-order valence-corrected chi connectivity index (χ3v) is 9.11. The van der Waals surface area contributed by atoms with Crippen molar-refractivity contribution in [1.29, 1.82) is 0 Å². The predicted molar refractivity (Wildman–Crippen MR) is 159 cm³/mol. The quantitative estimate of drug-likeness (QED) is 0.252. The van der Waals surface area contributed by atoms with Gasteiger partial charge in [-0.1, -0.05) is 19.1 Å². The number of benzene rings is 2. The van der Waals surface area contributed by atoms with Gasteiger partial charge in [0.25, 0.3) is 5.91 Å². The highest BCUT2D eigenvalue weighted by atomic mass is 32.1. The molecule has 1 amide bonds. The first kappa shape index (κ1) is 24.8. The van der Waals surface area contributed by atoms with E-state index in [1.54, 1.807) is 11.2 Å². The summed E-state index contributed by atoms with van der Waals surface area (Å²) in [6.07, 6.45) is 6.39. The number of rotatable bonds is 6. The molecule has 0 bridgehead atoms. The maximum absolute atomic E-state index is 14.2. The Kier molecular flexibility index (Phi) is 5.75. The van der Waals surface area contributed by atoms with Crippen molar-refractivity contribution in [2.45, 2.75) is 45.1 Å². The van der Waals surface area contributed by atoms with Gasteiger partial charge < -0.3 is 4.57 Å². The monoisotopic (exact) mass is 562 g/mol. The molecule has 2 fully saturated rings. The fraction of sp³-hybridized carbons (Fsp3) is 0.355. The summed E-state index contributed by atoms with van der Waals surface area (Å²) >= 11 is 1.15. The molecule has 206 valence electrons. The topological polar surface area (TPSA) is 92.9 Å². The molecule has 2 aliphatic heterocycles. The van der Waals surface area contributed by atoms with Gasteiger partial charge in [0.1, 0.15) is 23.5 Å². The minimum atomic E-state index is -0.0265. The average Bonchev–Trinajstić information content (AvgIpc) is 3.44. The van der Waals surface area contributed by atoms with Crippen LogP contribution in [0.5, 0.6) is 0 Å². The molecule has 5 aromatic rings. The van der Waals surface area contributed by atoms with Crippen LogP contribution < -0.4 is 4.90 Å². The highest BCUT2D eigenvalue weighted by Gasteiger charge is 2.35. The molecule has 2 aromatic carbocycles. The highest BCUT2D eigenvalue weighted by Crippen LogP contribution is 2.46. The number of carbonyl (C=O) groups is 1. The molecule has 3 aromatic heterocycles. The van der Waals surface area contributed by atoms with Gasteiger partial charge in [0.05, 0.1) is 23.0 Å². The number of carbonyl (C=O) groups excluding carboxylic acids is 1. The first-order valence-electron chi connectivity index (χ1n) is 14.4. The number of piperidine rings is 1. The SMILES string of the molecule is C[C@H]1CCCN(Cc2cc3c4c(cccc4c2)N(c2cc(-c4nsnc4-c4nncn4C)cc(C4CC4)n2)C3=O)C1. The van der Waals surface area contributed by atoms with E-state index in [-0.39, 0.29) is 5.91 Å². The second-order valence-corrected chi connectivity index (χ2v) is 12.3. The standard InChI is InChI=1S/C31H30N8OS/c1-18-5-4-10-38(15-18)16-19-11-21-6-3-7-25-27(21)23(12-19)31(40)39(25)26-14-22(13-24(33-26)20-8-9-20)28-29(36-41-35-28)30-34-32-17-37(30)2/h3,6-7,11-14,17-18,20H,4-5,8-10,15-16H2,1-2H3/t18-/m0/s1. The minimum Gasteiger partial charge on any atom is -0.315 e. The molecule has 0 N–H and O–H groups in total. The zero-order valence-electron chi connectivity index (χ0n) is 23.1. The van der Waals surface area contributed by atoms with E-state index in [4.69, 9.17) is 4.98 Å². The molecule has 0 radical (unpaired) electrons. The molecule has 3 aliphatic rings. The number of aromatic nitrogens is 6. The number of anilines is 2. The minimum absolute atomic E-state index is 0.0265. The number of nitrogens with zero attached hydrogens (tertiary/aromatic N) is 8. The number of likely N-dealkylation sites (tertiary alicyclic amines) is 1. The van der Waals surface area contributed by atoms with E-state index >= 15 is 0 Å². The maximum atomic E-state index is 14.2. The van der Waals surface area contributed by atoms with Gasteiger partial charge >= 0.3 is 0 Å². The first-order chi connectivity index (χ1) is 20.0. The summed E-state index contributed by atoms with van der Waals surface area (Å²) in [6.45, 7) is 5.41. The van der Waals surface area contributed by atoms with Crippen LogP contribution >= 0.6 is 11.7 Å². The van der Waals surface area contributed by atoms with Gasteiger partial charge in [-0.3, -0.25) is 14.6 Å². The van der Waals surface area contributed by atoms with Gasteiger partial charge in [0, 0.05) is 42.7 Å². The molecule has 1 saturated heterocycles. The van der Waals surface area contributed by atoms with Crippen LogP contribution in [0.2, 0.25) is 0 Å². The van der Waals surface area contributed by atoms with E-state index in [9.17, 15) is 4.79 Å². The van der Waals surface area contributed by atoms with Gasteiger partial charge in [0.2, 0.25) is 0 Å². The van der Waals surface area contributed by atoms with E-state index in [0.717, 1.165) is 83.2 Å². The van der Waals surface area contributed by atoms with Crippen LogP contribution in [0, 0.1) is 5.92 Å². The third-order valence-electron chi connectivity index (χ3n) is 8.58. The van der Waals surface area contributed by atoms with Gasteiger partial charge in [-0.15, -0.1) is 10.2 Å². The van der Waals surface area contributed by atoms with E-state index < -0.39 is 0 Å². The molecule has 1 saturated carbocycles. The lowest BCUT2D eigenvalue weighted by atomic mass is 9.98. The second kappa shape index (κ2) is 9.53. The summed E-state index contributed by atoms with van der Waals surface area (Å²) in [7, 11) is 1.90. The Hall–Kier alpha value is -4.02. The summed E-state index contributed by atoms with van der Waals surface area (Å²) in [5.74, 6) is 2.37. The molecule has 10 heteroatoms. The Bertz CT molecular complexity index is 1820. The van der Waals surface area contributed by atoms with E-state index in [1.807, 2.05) is 29.8 Å². The van der Waals surface area contributed by atoms with Gasteiger partial charge in [-0.05, 0) is 79.4 Å². The average molecular weight is 563 g/mol. The number of pyridine rings is 1. The zero-order valence-corrected chi connectivity index (χ0v) is 23.9. The van der Waals surface area contributed by atoms with Crippen molar-refractivity contribution in [3.8, 4) is 22.8 Å². The summed E-state index contributed by atoms with van der Waals surface area (Å²) in [5.41, 5.74) is 6.13. The Morgan fingerprint density at radius 2 is 1.93 bits per heavy atom. The van der Waals surface area contributed by atoms with E-state index in [2.05, 4.69) is 55.0 Å². The molecule has 1 atom stereocenters. The first-order valence-corrected chi connectivity index (χ1v) is 15.1. The number of hydrogen-bond acceptors (Lipinski definition) is 8. The Morgan fingerprint density at radius 3 is 2.73 bits per heavy atom. The lowest BCUT2D eigenvalue weighted by Crippen LogP contribution is -2.33. The Morgan fingerprint density at radius 1 is 1.05 bits per heavy atom. The van der Waals surface area contributed by atoms with Crippen LogP contribution in [0.25, 0.3) is 33.5 Å². The molecule has 0 spiro atoms. The van der Waals surface area contributed by atoms with Crippen LogP contribution in [0.4, 0.5) is 11.5 Å². The summed E-state index contributed by atoms with van der Waals surface area (Å²) in [4.78, 5) is 23.6. The molecular formula is C31H30N8OS. The highest BCUT2D eigenvalue weighted by molar-refractivity contribution is 6.99. The van der Waals surface area contributed by atoms with Crippen LogP contribution in [0.3, 0.4) is 0 Å². The predicted octanol–water partition coefficient (Wildman–Crippen LogP) is 5.95. The van der Waals surface area contributed by atoms with Crippen LogP contribution in [0.15, 0.2) is 48.8 Å². The van der Waals surface area contributed by atoms with Crippen molar-refractivity contribution >= 4 is 39.9 Å². The number of aryl methyl sites for hydroxylation is 1. The van der Waals surface area contributed by atoms with E-state index in [1.165, 1.54) is 18.4 Å². The zero-order chi connectivity index (χ0) is 27.7. The van der Waals surface area contributed by atoms with Gasteiger partial charge in [-0.25, -0.2) is 4.98 Å². The van der Waals surface area contributed by atoms with Crippen molar-refractivity contribution in [1.82, 2.24) is 33.4 Å². The molecule has 8 rings (SSSR count). The summed E-state index contributed by atoms with van der Waals surface area (Å²) in [6, 6.07) is 14.6. The Balaban J connectivity index is 1.21. The lowest BCUT2D eigenvalue weighted by Gasteiger charge is -2.30. The summed E-state index contributed by atoms with van der Waals surface area (Å²) in [5, 5.41) is 10.4. The van der Waals surface area contributed by atoms with Crippen molar-refractivity contribution in [2.24, 2.45) is 13.0 Å². The molecule has 0 unspecified atom stereocenters. The molecule has 5 heterocycles. The normalized spacial score (nSPS) is 19.0. The fourth-order valence-corrected chi connectivity index (χ4v) is 7.03.